The van der Waals surface area contributed by atoms with Gasteiger partial charge in [0.2, 0.25) is 0 Å². The van der Waals surface area contributed by atoms with Crippen molar-refractivity contribution >= 4 is 11.6 Å². The zero-order chi connectivity index (χ0) is 12.1. The van der Waals surface area contributed by atoms with Crippen LogP contribution in [0.4, 0.5) is 0 Å². The third-order valence-electron chi connectivity index (χ3n) is 3.05. The Morgan fingerprint density at radius 3 is 2.81 bits per heavy atom. The number of carbonyl (C=O) groups is 1. The molecule has 92 valence electrons. The van der Waals surface area contributed by atoms with Crippen LogP contribution in [0.2, 0.25) is 0 Å². The van der Waals surface area contributed by atoms with Gasteiger partial charge in [-0.15, -0.1) is 0 Å². The minimum absolute atomic E-state index is 0.0624. The molecule has 1 saturated heterocycles. The highest BCUT2D eigenvalue weighted by atomic mass is 16.5. The molecule has 0 radical (unpaired) electrons. The number of nitrogens with zero attached hydrogens (tertiary/aromatic N) is 2. The molecule has 2 unspecified atom stereocenters. The zero-order valence-corrected chi connectivity index (χ0v) is 10.5. The number of hydrogen-bond acceptors (Lipinski definition) is 4. The number of carbonyl (C=O) groups excluding carboxylic acids is 1. The quantitative estimate of drug-likeness (QED) is 0.686. The minimum atomic E-state index is -0.0981. The van der Waals surface area contributed by atoms with E-state index < -0.39 is 0 Å². The summed E-state index contributed by atoms with van der Waals surface area (Å²) in [6.07, 6.45) is 0.977. The molecule has 1 fully saturated rings. The van der Waals surface area contributed by atoms with Crippen molar-refractivity contribution in [3.63, 3.8) is 0 Å². The fourth-order valence-electron chi connectivity index (χ4n) is 1.85. The van der Waals surface area contributed by atoms with Crippen LogP contribution in [0.3, 0.4) is 0 Å². The van der Waals surface area contributed by atoms with Crippen molar-refractivity contribution < 1.29 is 9.53 Å². The first-order chi connectivity index (χ1) is 7.58. The van der Waals surface area contributed by atoms with Gasteiger partial charge in [-0.2, -0.15) is 0 Å². The van der Waals surface area contributed by atoms with E-state index in [-0.39, 0.29) is 18.1 Å². The molecule has 5 heteroatoms. The molecule has 0 aromatic carbocycles. The first-order valence-corrected chi connectivity index (χ1v) is 5.54. The summed E-state index contributed by atoms with van der Waals surface area (Å²) < 4.78 is 5.39. The maximum Gasteiger partial charge on any atom is 0.265 e. The molecule has 5 nitrogen and oxygen atoms in total. The summed E-state index contributed by atoms with van der Waals surface area (Å²) >= 11 is 0. The Balaban J connectivity index is 2.55. The SMILES string of the molecule is CN=C(C)C(=O)NC1CCN(C)CC1OC. The Labute approximate surface area is 96.9 Å². The monoisotopic (exact) mass is 227 g/mol. The van der Waals surface area contributed by atoms with Crippen LogP contribution in [0.25, 0.3) is 0 Å². The highest BCUT2D eigenvalue weighted by molar-refractivity contribution is 6.37. The molecular formula is C11H21N3O2. The van der Waals surface area contributed by atoms with Crippen molar-refractivity contribution in [1.29, 1.82) is 0 Å². The molecule has 0 spiro atoms. The van der Waals surface area contributed by atoms with E-state index in [1.54, 1.807) is 21.1 Å². The van der Waals surface area contributed by atoms with Gasteiger partial charge in [-0.25, -0.2) is 0 Å². The molecule has 1 aliphatic heterocycles. The van der Waals surface area contributed by atoms with Crippen LogP contribution in [-0.2, 0) is 9.53 Å². The number of piperidine rings is 1. The maximum atomic E-state index is 11.7. The number of amides is 1. The smallest absolute Gasteiger partial charge is 0.265 e. The summed E-state index contributed by atoms with van der Waals surface area (Å²) in [6.45, 7) is 3.54. The predicted molar refractivity (Wildman–Crippen MR) is 63.9 cm³/mol. The Morgan fingerprint density at radius 1 is 1.56 bits per heavy atom. The molecule has 0 aromatic heterocycles. The van der Waals surface area contributed by atoms with Crippen molar-refractivity contribution in [2.24, 2.45) is 4.99 Å². The fraction of sp³-hybridized carbons (Fsp3) is 0.818. The number of nitrogens with one attached hydrogen (secondary N) is 1. The van der Waals surface area contributed by atoms with Gasteiger partial charge < -0.3 is 15.0 Å². The zero-order valence-electron chi connectivity index (χ0n) is 10.5. The number of likely N-dealkylation sites (N-methyl/N-ethyl adjacent to an activating group) is 1. The van der Waals surface area contributed by atoms with E-state index in [9.17, 15) is 4.79 Å². The summed E-state index contributed by atoms with van der Waals surface area (Å²) in [4.78, 5) is 17.8. The normalized spacial score (nSPS) is 27.9. The second kappa shape index (κ2) is 5.96. The lowest BCUT2D eigenvalue weighted by Gasteiger charge is -2.36. The molecule has 1 aliphatic rings. The molecule has 1 rings (SSSR count). The lowest BCUT2D eigenvalue weighted by atomic mass is 10.0. The third kappa shape index (κ3) is 3.28. The Morgan fingerprint density at radius 2 is 2.25 bits per heavy atom. The maximum absolute atomic E-state index is 11.7. The van der Waals surface area contributed by atoms with Crippen LogP contribution >= 0.6 is 0 Å². The molecule has 0 aromatic rings. The van der Waals surface area contributed by atoms with Gasteiger partial charge in [0.25, 0.3) is 5.91 Å². The largest absolute Gasteiger partial charge is 0.378 e. The summed E-state index contributed by atoms with van der Waals surface area (Å²) in [5.74, 6) is -0.0981. The summed E-state index contributed by atoms with van der Waals surface area (Å²) in [5, 5.41) is 2.97. The Kier molecular flexibility index (Phi) is 4.89. The molecule has 2 atom stereocenters. The summed E-state index contributed by atoms with van der Waals surface area (Å²) in [6, 6.07) is 0.0883. The summed E-state index contributed by atoms with van der Waals surface area (Å²) in [5.41, 5.74) is 0.508. The van der Waals surface area contributed by atoms with Crippen molar-refractivity contribution in [3.05, 3.63) is 0 Å². The van der Waals surface area contributed by atoms with E-state index >= 15 is 0 Å². The van der Waals surface area contributed by atoms with E-state index in [0.717, 1.165) is 19.5 Å². The van der Waals surface area contributed by atoms with Crippen molar-refractivity contribution in [3.8, 4) is 0 Å². The minimum Gasteiger partial charge on any atom is -0.378 e. The molecule has 1 N–H and O–H groups in total. The van der Waals surface area contributed by atoms with Crippen LogP contribution in [0.1, 0.15) is 13.3 Å². The Bertz CT molecular complexity index is 278. The van der Waals surface area contributed by atoms with Gasteiger partial charge in [0.1, 0.15) is 0 Å². The van der Waals surface area contributed by atoms with Crippen molar-refractivity contribution in [2.45, 2.75) is 25.5 Å². The molecule has 1 heterocycles. The second-order valence-corrected chi connectivity index (χ2v) is 4.21. The van der Waals surface area contributed by atoms with Gasteiger partial charge in [0.05, 0.1) is 17.9 Å². The van der Waals surface area contributed by atoms with Crippen LogP contribution in [-0.4, -0.2) is 63.0 Å². The highest BCUT2D eigenvalue weighted by Crippen LogP contribution is 2.12. The molecule has 0 bridgehead atoms. The Hall–Kier alpha value is -0.940. The first-order valence-electron chi connectivity index (χ1n) is 5.54. The van der Waals surface area contributed by atoms with E-state index in [0.29, 0.717) is 5.71 Å². The number of aliphatic imine (C=N–C) groups is 1. The van der Waals surface area contributed by atoms with Crippen molar-refractivity contribution in [1.82, 2.24) is 10.2 Å². The lowest BCUT2D eigenvalue weighted by molar-refractivity contribution is -0.117. The summed E-state index contributed by atoms with van der Waals surface area (Å²) in [7, 11) is 5.37. The average Bonchev–Trinajstić information content (AvgIpc) is 2.30. The second-order valence-electron chi connectivity index (χ2n) is 4.21. The standard InChI is InChI=1S/C11H21N3O2/c1-8(12-2)11(15)13-9-5-6-14(3)7-10(9)16-4/h9-10H,5-7H2,1-4H3,(H,13,15). The molecular weight excluding hydrogens is 206 g/mol. The number of rotatable bonds is 3. The fourth-order valence-corrected chi connectivity index (χ4v) is 1.85. The van der Waals surface area contributed by atoms with Crippen LogP contribution < -0.4 is 5.32 Å². The highest BCUT2D eigenvalue weighted by Gasteiger charge is 2.29. The number of methoxy groups -OCH3 is 1. The lowest BCUT2D eigenvalue weighted by Crippen LogP contribution is -2.54. The van der Waals surface area contributed by atoms with Crippen LogP contribution in [0.15, 0.2) is 4.99 Å². The number of hydrogen-bond donors (Lipinski definition) is 1. The van der Waals surface area contributed by atoms with Gasteiger partial charge >= 0.3 is 0 Å². The van der Waals surface area contributed by atoms with Gasteiger partial charge in [0.15, 0.2) is 0 Å². The van der Waals surface area contributed by atoms with Crippen LogP contribution in [0, 0.1) is 0 Å². The predicted octanol–water partition coefficient (Wildman–Crippen LogP) is -0.0876. The molecule has 1 amide bonds. The number of likely N-dealkylation sites (tertiary alicyclic amines) is 1. The third-order valence-corrected chi connectivity index (χ3v) is 3.05. The first kappa shape index (κ1) is 13.1. The van der Waals surface area contributed by atoms with E-state index in [2.05, 4.69) is 22.3 Å². The van der Waals surface area contributed by atoms with Gasteiger partial charge in [-0.05, 0) is 26.9 Å². The van der Waals surface area contributed by atoms with E-state index in [1.807, 2.05) is 0 Å². The molecule has 16 heavy (non-hydrogen) atoms. The van der Waals surface area contributed by atoms with Crippen molar-refractivity contribution in [2.75, 3.05) is 34.3 Å². The van der Waals surface area contributed by atoms with Gasteiger partial charge in [-0.3, -0.25) is 9.79 Å². The molecule has 0 saturated carbocycles. The van der Waals surface area contributed by atoms with Gasteiger partial charge in [0, 0.05) is 20.7 Å². The van der Waals surface area contributed by atoms with E-state index in [4.69, 9.17) is 4.74 Å². The topological polar surface area (TPSA) is 53.9 Å². The number of ether oxygens (including phenoxy) is 1. The molecule has 0 aliphatic carbocycles. The average molecular weight is 227 g/mol. The van der Waals surface area contributed by atoms with Crippen LogP contribution in [0.5, 0.6) is 0 Å². The van der Waals surface area contributed by atoms with Gasteiger partial charge in [-0.1, -0.05) is 0 Å². The van der Waals surface area contributed by atoms with E-state index in [1.165, 1.54) is 0 Å².